The minimum absolute atomic E-state index is 0.820. The number of nitrogens with zero attached hydrogens (tertiary/aromatic N) is 1. The number of nitrogens with one attached hydrogen (secondary N) is 1. The van der Waals surface area contributed by atoms with Gasteiger partial charge in [-0.25, -0.2) is 0 Å². The summed E-state index contributed by atoms with van der Waals surface area (Å²) < 4.78 is 2.42. The Kier molecular flexibility index (Phi) is 7.14. The molecular formula is C50H36N2. The van der Waals surface area contributed by atoms with Gasteiger partial charge in [0.15, 0.2) is 0 Å². The molecule has 7 aromatic carbocycles. The van der Waals surface area contributed by atoms with Gasteiger partial charge in [-0.2, -0.15) is 0 Å². The third-order valence-electron chi connectivity index (χ3n) is 10.7. The van der Waals surface area contributed by atoms with Crippen molar-refractivity contribution in [1.82, 2.24) is 9.55 Å². The first-order chi connectivity index (χ1) is 25.7. The summed E-state index contributed by atoms with van der Waals surface area (Å²) in [7, 11) is 0. The van der Waals surface area contributed by atoms with Crippen molar-refractivity contribution >= 4 is 50.4 Å². The minimum Gasteiger partial charge on any atom is -0.354 e. The maximum Gasteiger partial charge on any atom is 0.0541 e. The van der Waals surface area contributed by atoms with Crippen LogP contribution in [0.1, 0.15) is 28.8 Å². The molecule has 2 heterocycles. The molecule has 0 atom stereocenters. The largest absolute Gasteiger partial charge is 0.354 e. The van der Waals surface area contributed by atoms with Gasteiger partial charge in [0.05, 0.1) is 16.7 Å². The molecule has 0 unspecified atom stereocenters. The van der Waals surface area contributed by atoms with E-state index in [4.69, 9.17) is 0 Å². The average Bonchev–Trinajstić information content (AvgIpc) is 3.64. The van der Waals surface area contributed by atoms with E-state index >= 15 is 0 Å². The van der Waals surface area contributed by atoms with Crippen molar-refractivity contribution in [1.29, 1.82) is 0 Å². The van der Waals surface area contributed by atoms with Crippen LogP contribution in [0.4, 0.5) is 0 Å². The van der Waals surface area contributed by atoms with Crippen LogP contribution in [-0.4, -0.2) is 9.55 Å². The highest BCUT2D eigenvalue weighted by molar-refractivity contribution is 6.15. The summed E-state index contributed by atoms with van der Waals surface area (Å²) >= 11 is 0. The van der Waals surface area contributed by atoms with Gasteiger partial charge >= 0.3 is 0 Å². The molecule has 52 heavy (non-hydrogen) atoms. The second kappa shape index (κ2) is 12.3. The van der Waals surface area contributed by atoms with Gasteiger partial charge in [-0.05, 0) is 119 Å². The third-order valence-corrected chi connectivity index (χ3v) is 10.7. The van der Waals surface area contributed by atoms with Crippen molar-refractivity contribution in [3.05, 3.63) is 192 Å². The predicted octanol–water partition coefficient (Wildman–Crippen LogP) is 13.5. The van der Waals surface area contributed by atoms with Crippen molar-refractivity contribution < 1.29 is 0 Å². The summed E-state index contributed by atoms with van der Waals surface area (Å²) in [4.78, 5) is 3.94. The molecule has 0 saturated carbocycles. The first kappa shape index (κ1) is 30.2. The molecule has 0 saturated heterocycles. The monoisotopic (exact) mass is 664 g/mol. The van der Waals surface area contributed by atoms with E-state index < -0.39 is 0 Å². The van der Waals surface area contributed by atoms with E-state index in [-0.39, 0.29) is 0 Å². The van der Waals surface area contributed by atoms with Gasteiger partial charge in [0.1, 0.15) is 0 Å². The van der Waals surface area contributed by atoms with E-state index in [1.807, 2.05) is 0 Å². The standard InChI is InChI=1S/C50H36N2/c1-33-27-39(35-17-8-3-9-18-35)31-45-46-32-40(36-19-10-4-11-20-36)30-42(50(46)51-49(33)45)38-21-14-24-47-44(29-38)43-28-37(34-15-6-2-7-16-34)25-26-48(43)52(47)41-22-12-5-13-23-41/h2-20,22-32,51H,21H2,1H3. The van der Waals surface area contributed by atoms with Gasteiger partial charge in [-0.1, -0.05) is 121 Å². The van der Waals surface area contributed by atoms with Crippen LogP contribution in [0.15, 0.2) is 170 Å². The maximum absolute atomic E-state index is 3.94. The second-order valence-corrected chi connectivity index (χ2v) is 13.9. The lowest BCUT2D eigenvalue weighted by atomic mass is 9.92. The van der Waals surface area contributed by atoms with E-state index in [2.05, 4.69) is 198 Å². The molecule has 9 aromatic rings. The van der Waals surface area contributed by atoms with E-state index in [1.165, 1.54) is 94.0 Å². The Bertz CT molecular complexity index is 2830. The lowest BCUT2D eigenvalue weighted by molar-refractivity contribution is 1.10. The first-order valence-corrected chi connectivity index (χ1v) is 18.1. The lowest BCUT2D eigenvalue weighted by Crippen LogP contribution is -1.96. The quantitative estimate of drug-likeness (QED) is 0.189. The number of hydrogen-bond acceptors (Lipinski definition) is 0. The number of fused-ring (bicyclic) bond motifs is 6. The molecule has 2 heteroatoms. The van der Waals surface area contributed by atoms with E-state index in [9.17, 15) is 0 Å². The molecule has 2 nitrogen and oxygen atoms in total. The van der Waals surface area contributed by atoms with Gasteiger partial charge in [0.2, 0.25) is 0 Å². The lowest BCUT2D eigenvalue weighted by Gasteiger charge is -2.11. The summed E-state index contributed by atoms with van der Waals surface area (Å²) in [5.41, 5.74) is 18.3. The van der Waals surface area contributed by atoms with Crippen LogP contribution in [0.5, 0.6) is 0 Å². The smallest absolute Gasteiger partial charge is 0.0541 e. The van der Waals surface area contributed by atoms with Crippen molar-refractivity contribution in [3.8, 4) is 39.1 Å². The number of hydrogen-bond donors (Lipinski definition) is 1. The van der Waals surface area contributed by atoms with Crippen molar-refractivity contribution in [3.63, 3.8) is 0 Å². The fourth-order valence-electron chi connectivity index (χ4n) is 8.16. The van der Waals surface area contributed by atoms with Crippen LogP contribution < -0.4 is 0 Å². The number of allylic oxidation sites excluding steroid dienone is 2. The number of benzene rings is 7. The number of aromatic nitrogens is 2. The van der Waals surface area contributed by atoms with E-state index in [0.29, 0.717) is 0 Å². The van der Waals surface area contributed by atoms with Crippen LogP contribution in [0, 0.1) is 6.92 Å². The molecule has 1 aliphatic carbocycles. The fourth-order valence-corrected chi connectivity index (χ4v) is 8.16. The molecule has 246 valence electrons. The van der Waals surface area contributed by atoms with Crippen LogP contribution in [0.2, 0.25) is 0 Å². The molecule has 0 bridgehead atoms. The SMILES string of the molecule is Cc1cc(-c2ccccc2)cc2c1[nH]c1c(C3=Cc4c(n(-c5ccccc5)c5ccc(-c6ccccc6)cc45)C=CC3)cc(-c3ccccc3)cc12. The van der Waals surface area contributed by atoms with E-state index in [0.717, 1.165) is 12.1 Å². The zero-order valence-corrected chi connectivity index (χ0v) is 29.0. The van der Waals surface area contributed by atoms with Gasteiger partial charge < -0.3 is 9.55 Å². The molecular weight excluding hydrogens is 629 g/mol. The minimum atomic E-state index is 0.820. The van der Waals surface area contributed by atoms with Gasteiger partial charge in [-0.3, -0.25) is 0 Å². The molecule has 0 aliphatic heterocycles. The molecule has 0 radical (unpaired) electrons. The number of aromatic amines is 1. The molecule has 0 amide bonds. The van der Waals surface area contributed by atoms with Crippen molar-refractivity contribution in [2.45, 2.75) is 13.3 Å². The third kappa shape index (κ3) is 5.03. The van der Waals surface area contributed by atoms with Crippen LogP contribution in [0.25, 0.3) is 89.5 Å². The van der Waals surface area contributed by atoms with Crippen molar-refractivity contribution in [2.24, 2.45) is 0 Å². The number of rotatable bonds is 5. The van der Waals surface area contributed by atoms with Gasteiger partial charge in [0, 0.05) is 38.5 Å². The summed E-state index contributed by atoms with van der Waals surface area (Å²) in [6, 6.07) is 59.4. The Morgan fingerprint density at radius 1 is 0.500 bits per heavy atom. The first-order valence-electron chi connectivity index (χ1n) is 18.1. The summed E-state index contributed by atoms with van der Waals surface area (Å²) in [5, 5.41) is 3.76. The highest BCUT2D eigenvalue weighted by Gasteiger charge is 2.22. The normalized spacial score (nSPS) is 12.7. The Morgan fingerprint density at radius 3 is 1.71 bits per heavy atom. The highest BCUT2D eigenvalue weighted by Crippen LogP contribution is 2.43. The fraction of sp³-hybridized carbons (Fsp3) is 0.0400. The Labute approximate surface area is 303 Å². The number of H-pyrrole nitrogens is 1. The molecule has 0 spiro atoms. The molecule has 2 aromatic heterocycles. The summed E-state index contributed by atoms with van der Waals surface area (Å²) in [5.74, 6) is 0. The number of aryl methyl sites for hydroxylation is 1. The molecule has 1 aliphatic rings. The Hall–Kier alpha value is -6.64. The Morgan fingerprint density at radius 2 is 1.06 bits per heavy atom. The average molecular weight is 665 g/mol. The zero-order valence-electron chi connectivity index (χ0n) is 29.0. The van der Waals surface area contributed by atoms with E-state index in [1.54, 1.807) is 0 Å². The molecule has 1 N–H and O–H groups in total. The summed E-state index contributed by atoms with van der Waals surface area (Å²) in [6.45, 7) is 2.23. The molecule has 0 fully saturated rings. The highest BCUT2D eigenvalue weighted by atomic mass is 15.0. The second-order valence-electron chi connectivity index (χ2n) is 13.9. The Balaban J connectivity index is 1.25. The van der Waals surface area contributed by atoms with Crippen LogP contribution in [0.3, 0.4) is 0 Å². The zero-order chi connectivity index (χ0) is 34.6. The van der Waals surface area contributed by atoms with Gasteiger partial charge in [0.25, 0.3) is 0 Å². The number of para-hydroxylation sites is 1. The maximum atomic E-state index is 3.94. The van der Waals surface area contributed by atoms with Crippen LogP contribution in [-0.2, 0) is 0 Å². The van der Waals surface area contributed by atoms with Crippen molar-refractivity contribution in [2.75, 3.05) is 0 Å². The summed E-state index contributed by atoms with van der Waals surface area (Å²) in [6.07, 6.45) is 7.95. The van der Waals surface area contributed by atoms with Crippen LogP contribution >= 0.6 is 0 Å². The molecule has 10 rings (SSSR count). The topological polar surface area (TPSA) is 20.7 Å². The van der Waals surface area contributed by atoms with Gasteiger partial charge in [-0.15, -0.1) is 0 Å². The predicted molar refractivity (Wildman–Crippen MR) is 222 cm³/mol.